The van der Waals surface area contributed by atoms with Crippen molar-refractivity contribution in [2.45, 2.75) is 10.2 Å². The molecule has 19 heavy (non-hydrogen) atoms. The van der Waals surface area contributed by atoms with E-state index < -0.39 is 0 Å². The molecule has 0 saturated carbocycles. The van der Waals surface area contributed by atoms with E-state index in [0.717, 1.165) is 21.3 Å². The molecule has 3 nitrogen and oxygen atoms in total. The average molecular weight is 288 g/mol. The van der Waals surface area contributed by atoms with Gasteiger partial charge in [0.1, 0.15) is 7.05 Å². The SMILES string of the molecule is C[n+]1ccccc1SCSc1nc2ccccc2[nH]1. The molecule has 0 aliphatic carbocycles. The molecule has 3 rings (SSSR count). The second-order valence-electron chi connectivity index (χ2n) is 4.12. The number of benzene rings is 1. The molecule has 3 aromatic rings. The van der Waals surface area contributed by atoms with Crippen LogP contribution in [0.5, 0.6) is 0 Å². The second-order valence-corrected chi connectivity index (χ2v) is 6.44. The highest BCUT2D eigenvalue weighted by atomic mass is 32.2. The van der Waals surface area contributed by atoms with E-state index in [2.05, 4.69) is 46.0 Å². The van der Waals surface area contributed by atoms with Crippen LogP contribution >= 0.6 is 23.5 Å². The molecular formula is C14H14N3S2+. The minimum atomic E-state index is 0.942. The average Bonchev–Trinajstić information content (AvgIpc) is 2.83. The van der Waals surface area contributed by atoms with E-state index in [-0.39, 0.29) is 0 Å². The number of nitrogens with one attached hydrogen (secondary N) is 1. The van der Waals surface area contributed by atoms with Crippen molar-refractivity contribution in [1.82, 2.24) is 9.97 Å². The monoisotopic (exact) mass is 288 g/mol. The Morgan fingerprint density at radius 2 is 1.95 bits per heavy atom. The minimum absolute atomic E-state index is 0.942. The molecule has 2 aromatic heterocycles. The highest BCUT2D eigenvalue weighted by molar-refractivity contribution is 8.15. The summed E-state index contributed by atoms with van der Waals surface area (Å²) in [5.74, 6) is 0. The molecule has 0 fully saturated rings. The third-order valence-corrected chi connectivity index (χ3v) is 4.91. The summed E-state index contributed by atoms with van der Waals surface area (Å²) in [4.78, 5) is 7.88. The number of hydrogen-bond acceptors (Lipinski definition) is 3. The summed E-state index contributed by atoms with van der Waals surface area (Å²) in [6.07, 6.45) is 2.06. The number of rotatable bonds is 4. The van der Waals surface area contributed by atoms with E-state index in [1.807, 2.05) is 36.0 Å². The Morgan fingerprint density at radius 1 is 1.11 bits per heavy atom. The van der Waals surface area contributed by atoms with Gasteiger partial charge in [-0.2, -0.15) is 4.57 Å². The van der Waals surface area contributed by atoms with Crippen molar-refractivity contribution in [2.75, 3.05) is 5.08 Å². The Kier molecular flexibility index (Phi) is 3.75. The van der Waals surface area contributed by atoms with Crippen LogP contribution in [-0.2, 0) is 7.05 Å². The van der Waals surface area contributed by atoms with E-state index in [1.54, 1.807) is 11.8 Å². The van der Waals surface area contributed by atoms with Gasteiger partial charge in [0.15, 0.2) is 11.4 Å². The maximum Gasteiger partial charge on any atom is 0.240 e. The van der Waals surface area contributed by atoms with E-state index in [4.69, 9.17) is 0 Å². The first-order valence-corrected chi connectivity index (χ1v) is 7.95. The van der Waals surface area contributed by atoms with Gasteiger partial charge in [0.05, 0.1) is 16.1 Å². The normalized spacial score (nSPS) is 11.0. The predicted octanol–water partition coefficient (Wildman–Crippen LogP) is 3.23. The highest BCUT2D eigenvalue weighted by Crippen LogP contribution is 2.25. The molecule has 96 valence electrons. The fourth-order valence-electron chi connectivity index (χ4n) is 1.80. The van der Waals surface area contributed by atoms with Crippen molar-refractivity contribution < 1.29 is 4.57 Å². The van der Waals surface area contributed by atoms with Crippen LogP contribution in [0.25, 0.3) is 11.0 Å². The zero-order valence-corrected chi connectivity index (χ0v) is 12.2. The predicted molar refractivity (Wildman–Crippen MR) is 80.3 cm³/mol. The van der Waals surface area contributed by atoms with Gasteiger partial charge in [-0.3, -0.25) is 0 Å². The fraction of sp³-hybridized carbons (Fsp3) is 0.143. The first-order valence-electron chi connectivity index (χ1n) is 5.98. The maximum atomic E-state index is 4.55. The van der Waals surface area contributed by atoms with Gasteiger partial charge in [-0.1, -0.05) is 23.9 Å². The number of fused-ring (bicyclic) bond motifs is 1. The molecule has 0 spiro atoms. The maximum absolute atomic E-state index is 4.55. The third-order valence-electron chi connectivity index (χ3n) is 2.78. The molecule has 1 N–H and O–H groups in total. The van der Waals surface area contributed by atoms with Gasteiger partial charge in [0.2, 0.25) is 5.03 Å². The number of nitrogens with zero attached hydrogens (tertiary/aromatic N) is 2. The number of imidazole rings is 1. The van der Waals surface area contributed by atoms with Crippen LogP contribution in [0.2, 0.25) is 0 Å². The summed E-state index contributed by atoms with van der Waals surface area (Å²) in [5, 5.41) is 3.18. The van der Waals surface area contributed by atoms with Crippen molar-refractivity contribution in [3.8, 4) is 0 Å². The van der Waals surface area contributed by atoms with Crippen molar-refractivity contribution >= 4 is 34.6 Å². The summed E-state index contributed by atoms with van der Waals surface area (Å²) in [6.45, 7) is 0. The molecule has 0 aliphatic rings. The van der Waals surface area contributed by atoms with Gasteiger partial charge in [-0.15, -0.1) is 0 Å². The van der Waals surface area contributed by atoms with E-state index in [9.17, 15) is 0 Å². The third kappa shape index (κ3) is 2.93. The Hall–Kier alpha value is -1.46. The molecular weight excluding hydrogens is 274 g/mol. The number of aromatic nitrogens is 3. The quantitative estimate of drug-likeness (QED) is 0.454. The Labute approximate surface area is 120 Å². The van der Waals surface area contributed by atoms with Crippen molar-refractivity contribution in [3.05, 3.63) is 48.7 Å². The number of H-pyrrole nitrogens is 1. The van der Waals surface area contributed by atoms with Gasteiger partial charge in [-0.25, -0.2) is 4.98 Å². The molecule has 0 bridgehead atoms. The summed E-state index contributed by atoms with van der Waals surface area (Å²) in [7, 11) is 2.06. The largest absolute Gasteiger partial charge is 0.333 e. The lowest BCUT2D eigenvalue weighted by atomic mass is 10.3. The number of aromatic amines is 1. The molecule has 0 amide bonds. The van der Waals surface area contributed by atoms with E-state index in [1.165, 1.54) is 5.03 Å². The lowest BCUT2D eigenvalue weighted by Crippen LogP contribution is -2.29. The second kappa shape index (κ2) is 5.67. The van der Waals surface area contributed by atoms with Gasteiger partial charge < -0.3 is 4.98 Å². The summed E-state index contributed by atoms with van der Waals surface area (Å²) >= 11 is 3.55. The Bertz CT molecular complexity index is 661. The summed E-state index contributed by atoms with van der Waals surface area (Å²) < 4.78 is 2.13. The van der Waals surface area contributed by atoms with Crippen LogP contribution in [0.1, 0.15) is 0 Å². The van der Waals surface area contributed by atoms with Crippen LogP contribution in [0, 0.1) is 0 Å². The molecule has 0 radical (unpaired) electrons. The zero-order chi connectivity index (χ0) is 13.1. The minimum Gasteiger partial charge on any atom is -0.333 e. The first-order chi connectivity index (χ1) is 9.33. The Balaban J connectivity index is 1.65. The molecule has 2 heterocycles. The number of aryl methyl sites for hydroxylation is 1. The summed E-state index contributed by atoms with van der Waals surface area (Å²) in [6, 6.07) is 14.3. The standard InChI is InChI=1S/C14H14N3S2/c1-17-9-5-4-8-13(17)18-10-19-14-15-11-6-2-3-7-12(11)16-14/h2-9H,10H2,1H3,(H,15,16)/q+1. The van der Waals surface area contributed by atoms with Crippen LogP contribution in [0.4, 0.5) is 0 Å². The molecule has 0 unspecified atom stereocenters. The molecule has 1 aromatic carbocycles. The van der Waals surface area contributed by atoms with Gasteiger partial charge >= 0.3 is 0 Å². The van der Waals surface area contributed by atoms with Gasteiger partial charge in [0.25, 0.3) is 0 Å². The van der Waals surface area contributed by atoms with Crippen LogP contribution < -0.4 is 4.57 Å². The molecule has 0 atom stereocenters. The lowest BCUT2D eigenvalue weighted by molar-refractivity contribution is -0.708. The smallest absolute Gasteiger partial charge is 0.240 e. The highest BCUT2D eigenvalue weighted by Gasteiger charge is 2.07. The Morgan fingerprint density at radius 3 is 2.79 bits per heavy atom. The number of pyridine rings is 1. The topological polar surface area (TPSA) is 32.6 Å². The lowest BCUT2D eigenvalue weighted by Gasteiger charge is -1.97. The zero-order valence-electron chi connectivity index (χ0n) is 10.5. The van der Waals surface area contributed by atoms with Crippen molar-refractivity contribution in [2.24, 2.45) is 7.05 Å². The van der Waals surface area contributed by atoms with Crippen LogP contribution in [0.3, 0.4) is 0 Å². The molecule has 5 heteroatoms. The van der Waals surface area contributed by atoms with Crippen molar-refractivity contribution in [1.29, 1.82) is 0 Å². The molecule has 0 saturated heterocycles. The van der Waals surface area contributed by atoms with E-state index >= 15 is 0 Å². The van der Waals surface area contributed by atoms with Gasteiger partial charge in [-0.05, 0) is 30.0 Å². The van der Waals surface area contributed by atoms with E-state index in [0.29, 0.717) is 0 Å². The number of thioether (sulfide) groups is 2. The first kappa shape index (κ1) is 12.6. The van der Waals surface area contributed by atoms with Gasteiger partial charge in [0, 0.05) is 12.1 Å². The molecule has 0 aliphatic heterocycles. The number of hydrogen-bond donors (Lipinski definition) is 1. The van der Waals surface area contributed by atoms with Crippen LogP contribution in [0.15, 0.2) is 58.8 Å². The van der Waals surface area contributed by atoms with Crippen LogP contribution in [-0.4, -0.2) is 15.1 Å². The summed E-state index contributed by atoms with van der Waals surface area (Å²) in [5.41, 5.74) is 2.13. The van der Waals surface area contributed by atoms with Crippen molar-refractivity contribution in [3.63, 3.8) is 0 Å². The number of para-hydroxylation sites is 2. The fourth-order valence-corrected chi connectivity index (χ4v) is 3.75.